The lowest BCUT2D eigenvalue weighted by Gasteiger charge is -2.34. The molecule has 0 unspecified atom stereocenters. The molecular formula is C23H24N6O2. The smallest absolute Gasteiger partial charge is 0.253 e. The summed E-state index contributed by atoms with van der Waals surface area (Å²) < 4.78 is 0. The van der Waals surface area contributed by atoms with Crippen LogP contribution in [-0.2, 0) is 6.54 Å². The number of hydrogen-bond donors (Lipinski definition) is 3. The van der Waals surface area contributed by atoms with E-state index in [2.05, 4.69) is 61.7 Å². The van der Waals surface area contributed by atoms with Gasteiger partial charge in [-0.1, -0.05) is 12.1 Å². The van der Waals surface area contributed by atoms with Crippen molar-refractivity contribution in [3.05, 3.63) is 74.8 Å². The minimum atomic E-state index is -0.502. The maximum absolute atomic E-state index is 12.1. The molecule has 0 amide bonds. The van der Waals surface area contributed by atoms with E-state index >= 15 is 0 Å². The molecule has 0 atom stereocenters. The normalized spacial score (nSPS) is 14.9. The Morgan fingerprint density at radius 1 is 0.968 bits per heavy atom. The zero-order valence-electron chi connectivity index (χ0n) is 17.3. The van der Waals surface area contributed by atoms with Crippen LogP contribution in [-0.4, -0.2) is 48.1 Å². The second kappa shape index (κ2) is 7.88. The van der Waals surface area contributed by atoms with Gasteiger partial charge in [0.05, 0.1) is 17.4 Å². The number of hydrogen-bond acceptors (Lipinski definition) is 7. The zero-order valence-corrected chi connectivity index (χ0v) is 17.3. The highest BCUT2D eigenvalue weighted by molar-refractivity contribution is 5.84. The summed E-state index contributed by atoms with van der Waals surface area (Å²) in [6, 6.07) is 13.9. The van der Waals surface area contributed by atoms with Gasteiger partial charge >= 0.3 is 0 Å². The van der Waals surface area contributed by atoms with Crippen molar-refractivity contribution < 1.29 is 0 Å². The third-order valence-electron chi connectivity index (χ3n) is 5.87. The van der Waals surface area contributed by atoms with Crippen LogP contribution in [0.15, 0.2) is 58.4 Å². The third-order valence-corrected chi connectivity index (χ3v) is 5.87. The van der Waals surface area contributed by atoms with E-state index in [-0.39, 0.29) is 0 Å². The van der Waals surface area contributed by atoms with Crippen molar-refractivity contribution in [3.8, 4) is 0 Å². The van der Waals surface area contributed by atoms with Crippen LogP contribution in [0.3, 0.4) is 0 Å². The minimum absolute atomic E-state index is 0.304. The van der Waals surface area contributed by atoms with Gasteiger partial charge < -0.3 is 25.4 Å². The van der Waals surface area contributed by atoms with E-state index in [0.29, 0.717) is 17.9 Å². The Kier molecular flexibility index (Phi) is 4.91. The molecule has 0 aliphatic carbocycles. The molecule has 2 heterocycles. The largest absolute Gasteiger partial charge is 0.376 e. The van der Waals surface area contributed by atoms with Crippen molar-refractivity contribution in [1.82, 2.24) is 14.9 Å². The van der Waals surface area contributed by atoms with Gasteiger partial charge in [0, 0.05) is 44.1 Å². The maximum atomic E-state index is 12.1. The molecular weight excluding hydrogens is 392 g/mol. The molecule has 0 bridgehead atoms. The van der Waals surface area contributed by atoms with Crippen molar-refractivity contribution in [1.29, 1.82) is 0 Å². The Hall–Kier alpha value is -3.65. The molecule has 1 fully saturated rings. The molecule has 4 aromatic rings. The molecule has 1 saturated heterocycles. The molecule has 0 saturated carbocycles. The molecule has 3 aromatic carbocycles. The number of rotatable bonds is 6. The zero-order chi connectivity index (χ0) is 21.4. The summed E-state index contributed by atoms with van der Waals surface area (Å²) in [4.78, 5) is 36.1. The van der Waals surface area contributed by atoms with Crippen LogP contribution in [0.25, 0.3) is 11.0 Å². The molecule has 1 aliphatic rings. The molecule has 8 heteroatoms. The fraction of sp³-hybridized carbons (Fsp3) is 0.261. The number of imidazole rings is 1. The predicted molar refractivity (Wildman–Crippen MR) is 124 cm³/mol. The van der Waals surface area contributed by atoms with Gasteiger partial charge in [0.1, 0.15) is 11.4 Å². The number of H-pyrrole nitrogens is 1. The summed E-state index contributed by atoms with van der Waals surface area (Å²) in [5, 5.41) is 6.20. The number of benzene rings is 2. The lowest BCUT2D eigenvalue weighted by molar-refractivity contribution is 0.313. The highest BCUT2D eigenvalue weighted by Crippen LogP contribution is 2.24. The van der Waals surface area contributed by atoms with E-state index in [0.717, 1.165) is 48.5 Å². The highest BCUT2D eigenvalue weighted by atomic mass is 16.2. The average Bonchev–Trinajstić information content (AvgIpc) is 3.27. The van der Waals surface area contributed by atoms with Gasteiger partial charge in [-0.15, -0.1) is 0 Å². The summed E-state index contributed by atoms with van der Waals surface area (Å²) in [5.41, 5.74) is 4.34. The van der Waals surface area contributed by atoms with Crippen molar-refractivity contribution in [2.75, 3.05) is 48.8 Å². The third kappa shape index (κ3) is 3.77. The molecule has 1 aliphatic heterocycles. The fourth-order valence-electron chi connectivity index (χ4n) is 3.92. The summed E-state index contributed by atoms with van der Waals surface area (Å²) in [6.45, 7) is 4.66. The van der Waals surface area contributed by atoms with E-state index in [4.69, 9.17) is 0 Å². The molecule has 31 heavy (non-hydrogen) atoms. The summed E-state index contributed by atoms with van der Waals surface area (Å²) >= 11 is 0. The van der Waals surface area contributed by atoms with E-state index in [1.807, 2.05) is 18.2 Å². The first-order chi connectivity index (χ1) is 15.1. The lowest BCUT2D eigenvalue weighted by atomic mass is 10.1. The lowest BCUT2D eigenvalue weighted by Crippen LogP contribution is -2.44. The van der Waals surface area contributed by atoms with Crippen molar-refractivity contribution in [2.24, 2.45) is 0 Å². The number of piperazine rings is 1. The van der Waals surface area contributed by atoms with Crippen LogP contribution >= 0.6 is 0 Å². The standard InChI is InChI=1S/C23H24N6O2/c1-28-8-10-29(11-9-28)17-5-2-15(3-6-17)13-24-20-21(23(31)22(20)30)27-16-4-7-18-19(12-16)26-14-25-18/h2-7,12,14,24,27H,8-11,13H2,1H3,(H,25,26). The number of anilines is 4. The number of fused-ring (bicyclic) bond motifs is 1. The molecule has 158 valence electrons. The second-order valence-electron chi connectivity index (χ2n) is 7.98. The number of nitrogens with zero attached hydrogens (tertiary/aromatic N) is 3. The van der Waals surface area contributed by atoms with Gasteiger partial charge in [0.15, 0.2) is 0 Å². The summed E-state index contributed by atoms with van der Waals surface area (Å²) in [6.07, 6.45) is 1.62. The molecule has 8 nitrogen and oxygen atoms in total. The summed E-state index contributed by atoms with van der Waals surface area (Å²) in [5.74, 6) is 0. The molecule has 3 N–H and O–H groups in total. The molecule has 0 radical (unpaired) electrons. The number of aromatic nitrogens is 2. The predicted octanol–water partition coefficient (Wildman–Crippen LogP) is 2.27. The van der Waals surface area contributed by atoms with E-state index in [1.54, 1.807) is 6.33 Å². The van der Waals surface area contributed by atoms with Crippen LogP contribution in [0.5, 0.6) is 0 Å². The van der Waals surface area contributed by atoms with E-state index < -0.39 is 10.9 Å². The minimum Gasteiger partial charge on any atom is -0.376 e. The number of nitrogens with one attached hydrogen (secondary N) is 3. The highest BCUT2D eigenvalue weighted by Gasteiger charge is 2.21. The molecule has 5 rings (SSSR count). The second-order valence-corrected chi connectivity index (χ2v) is 7.98. The first-order valence-corrected chi connectivity index (χ1v) is 10.4. The number of likely N-dealkylation sites (N-methyl/N-ethyl adjacent to an activating group) is 1. The Bertz CT molecular complexity index is 1280. The van der Waals surface area contributed by atoms with Crippen molar-refractivity contribution in [3.63, 3.8) is 0 Å². The quantitative estimate of drug-likeness (QED) is 0.415. The molecule has 0 spiro atoms. The van der Waals surface area contributed by atoms with Gasteiger partial charge in [-0.2, -0.15) is 0 Å². The number of aromatic amines is 1. The topological polar surface area (TPSA) is 93.4 Å². The SMILES string of the molecule is CN1CCN(c2ccc(CNc3c(Nc4ccc5nc[nH]c5c4)c(=O)c3=O)cc2)CC1. The molecule has 1 aromatic heterocycles. The van der Waals surface area contributed by atoms with Gasteiger partial charge in [0.2, 0.25) is 0 Å². The Labute approximate surface area is 179 Å². The average molecular weight is 416 g/mol. The maximum Gasteiger partial charge on any atom is 0.253 e. The first-order valence-electron chi connectivity index (χ1n) is 10.4. The Morgan fingerprint density at radius 2 is 1.71 bits per heavy atom. The van der Waals surface area contributed by atoms with Crippen molar-refractivity contribution in [2.45, 2.75) is 6.54 Å². The van der Waals surface area contributed by atoms with E-state index in [1.165, 1.54) is 5.69 Å². The van der Waals surface area contributed by atoms with Crippen LogP contribution in [0.4, 0.5) is 22.7 Å². The van der Waals surface area contributed by atoms with Gasteiger partial charge in [-0.25, -0.2) is 4.98 Å². The van der Waals surface area contributed by atoms with Crippen molar-refractivity contribution >= 4 is 33.8 Å². The summed E-state index contributed by atoms with van der Waals surface area (Å²) in [7, 11) is 2.14. The van der Waals surface area contributed by atoms with Crippen LogP contribution in [0.2, 0.25) is 0 Å². The first kappa shape index (κ1) is 19.3. The Morgan fingerprint density at radius 3 is 2.48 bits per heavy atom. The van der Waals surface area contributed by atoms with Crippen LogP contribution in [0.1, 0.15) is 5.56 Å². The monoisotopic (exact) mass is 416 g/mol. The van der Waals surface area contributed by atoms with Gasteiger partial charge in [-0.3, -0.25) is 9.59 Å². The van der Waals surface area contributed by atoms with Crippen LogP contribution in [0, 0.1) is 0 Å². The fourth-order valence-corrected chi connectivity index (χ4v) is 3.92. The Balaban J connectivity index is 1.25. The van der Waals surface area contributed by atoms with Gasteiger partial charge in [0.25, 0.3) is 10.9 Å². The van der Waals surface area contributed by atoms with Crippen LogP contribution < -0.4 is 26.4 Å². The van der Waals surface area contributed by atoms with Gasteiger partial charge in [-0.05, 0) is 42.9 Å². The van der Waals surface area contributed by atoms with E-state index in [9.17, 15) is 9.59 Å².